The summed E-state index contributed by atoms with van der Waals surface area (Å²) in [7, 11) is -2.99. The van der Waals surface area contributed by atoms with E-state index in [-0.39, 0.29) is 17.3 Å². The van der Waals surface area contributed by atoms with Crippen LogP contribution in [-0.2, 0) is 9.84 Å². The van der Waals surface area contributed by atoms with Crippen LogP contribution in [0.25, 0.3) is 0 Å². The van der Waals surface area contributed by atoms with E-state index < -0.39 is 14.8 Å². The first-order valence-electron chi connectivity index (χ1n) is 7.62. The van der Waals surface area contributed by atoms with E-state index >= 15 is 0 Å². The monoisotopic (exact) mass is 355 g/mol. The number of nitro groups is 1. The van der Waals surface area contributed by atoms with Crippen molar-refractivity contribution in [1.29, 1.82) is 0 Å². The van der Waals surface area contributed by atoms with Crippen molar-refractivity contribution in [2.75, 3.05) is 44.7 Å². The molecule has 0 radical (unpaired) electrons. The molecule has 24 heavy (non-hydrogen) atoms. The average Bonchev–Trinajstić information content (AvgIpc) is 2.51. The van der Waals surface area contributed by atoms with Crippen molar-refractivity contribution in [2.45, 2.75) is 6.92 Å². The number of nitrogens with zero attached hydrogens (tertiary/aromatic N) is 3. The molecule has 0 bridgehead atoms. The molecule has 1 fully saturated rings. The molecule has 9 heteroatoms. The molecule has 8 nitrogen and oxygen atoms in total. The fourth-order valence-electron chi connectivity index (χ4n) is 2.65. The Bertz CT molecular complexity index is 739. The van der Waals surface area contributed by atoms with Crippen molar-refractivity contribution in [3.05, 3.63) is 39.4 Å². The van der Waals surface area contributed by atoms with Crippen LogP contribution in [-0.4, -0.2) is 73.8 Å². The van der Waals surface area contributed by atoms with Crippen molar-refractivity contribution >= 4 is 21.4 Å². The number of carbonyl (C=O) groups excluding carboxylic acids is 1. The zero-order chi connectivity index (χ0) is 17.9. The Kier molecular flexibility index (Phi) is 5.55. The molecule has 2 rings (SSSR count). The minimum Gasteiger partial charge on any atom is -0.336 e. The van der Waals surface area contributed by atoms with E-state index in [4.69, 9.17) is 0 Å². The van der Waals surface area contributed by atoms with Gasteiger partial charge in [0.2, 0.25) is 0 Å². The molecule has 0 atom stereocenters. The van der Waals surface area contributed by atoms with E-state index in [0.717, 1.165) is 0 Å². The van der Waals surface area contributed by atoms with Gasteiger partial charge in [-0.05, 0) is 19.1 Å². The summed E-state index contributed by atoms with van der Waals surface area (Å²) in [5, 5.41) is 10.8. The van der Waals surface area contributed by atoms with E-state index in [0.29, 0.717) is 43.9 Å². The van der Waals surface area contributed by atoms with Crippen molar-refractivity contribution < 1.29 is 18.1 Å². The van der Waals surface area contributed by atoms with Crippen molar-refractivity contribution in [1.82, 2.24) is 9.80 Å². The third kappa shape index (κ3) is 4.75. The quantitative estimate of drug-likeness (QED) is 0.569. The normalized spacial score (nSPS) is 16.2. The number of nitro benzene ring substituents is 1. The molecule has 0 unspecified atom stereocenters. The predicted molar refractivity (Wildman–Crippen MR) is 89.9 cm³/mol. The SMILES string of the molecule is Cc1cc(C(=O)N2CCN(CCS(C)(=O)=O)CC2)ccc1[N+](=O)[O-]. The number of hydrogen-bond donors (Lipinski definition) is 0. The van der Waals surface area contributed by atoms with Gasteiger partial charge in [0, 0.05) is 56.2 Å². The van der Waals surface area contributed by atoms with Gasteiger partial charge in [-0.2, -0.15) is 0 Å². The molecule has 0 aromatic heterocycles. The van der Waals surface area contributed by atoms with Crippen LogP contribution in [0.3, 0.4) is 0 Å². The second kappa shape index (κ2) is 7.27. The summed E-state index contributed by atoms with van der Waals surface area (Å²) < 4.78 is 22.4. The molecule has 0 N–H and O–H groups in total. The standard InChI is InChI=1S/C15H21N3O5S/c1-12-11-13(3-4-14(12)18(20)21)15(19)17-7-5-16(6-8-17)9-10-24(2,22)23/h3-4,11H,5-10H2,1-2H3. The van der Waals surface area contributed by atoms with Gasteiger partial charge in [0.15, 0.2) is 0 Å². The van der Waals surface area contributed by atoms with Crippen LogP contribution >= 0.6 is 0 Å². The molecule has 1 heterocycles. The van der Waals surface area contributed by atoms with E-state index in [1.54, 1.807) is 11.8 Å². The molecule has 0 saturated carbocycles. The minimum atomic E-state index is -2.99. The van der Waals surface area contributed by atoms with Gasteiger partial charge in [0.1, 0.15) is 9.84 Å². The minimum absolute atomic E-state index is 0.00264. The first kappa shape index (κ1) is 18.3. The summed E-state index contributed by atoms with van der Waals surface area (Å²) in [6.07, 6.45) is 1.21. The van der Waals surface area contributed by atoms with E-state index in [1.165, 1.54) is 24.5 Å². The highest BCUT2D eigenvalue weighted by Crippen LogP contribution is 2.20. The molecule has 1 amide bonds. The van der Waals surface area contributed by atoms with Crippen LogP contribution in [0.15, 0.2) is 18.2 Å². The summed E-state index contributed by atoms with van der Waals surface area (Å²) in [5.41, 5.74) is 0.887. The summed E-state index contributed by atoms with van der Waals surface area (Å²) in [5.74, 6) is -0.0431. The maximum absolute atomic E-state index is 12.5. The number of aryl methyl sites for hydroxylation is 1. The van der Waals surface area contributed by atoms with E-state index in [9.17, 15) is 23.3 Å². The Labute approximate surface area is 141 Å². The molecule has 1 saturated heterocycles. The number of amides is 1. The maximum atomic E-state index is 12.5. The molecular weight excluding hydrogens is 334 g/mol. The van der Waals surface area contributed by atoms with Crippen molar-refractivity contribution in [2.24, 2.45) is 0 Å². The van der Waals surface area contributed by atoms with Crippen LogP contribution in [0.1, 0.15) is 15.9 Å². The van der Waals surface area contributed by atoms with Crippen molar-refractivity contribution in [3.8, 4) is 0 Å². The number of piperazine rings is 1. The molecule has 1 aromatic carbocycles. The lowest BCUT2D eigenvalue weighted by Gasteiger charge is -2.34. The fourth-order valence-corrected chi connectivity index (χ4v) is 3.24. The van der Waals surface area contributed by atoms with Crippen LogP contribution in [0.5, 0.6) is 0 Å². The van der Waals surface area contributed by atoms with Gasteiger partial charge >= 0.3 is 0 Å². The Hall–Kier alpha value is -2.00. The second-order valence-electron chi connectivity index (χ2n) is 6.02. The molecule has 0 aliphatic carbocycles. The number of benzene rings is 1. The third-order valence-corrected chi connectivity index (χ3v) is 5.00. The number of carbonyl (C=O) groups is 1. The largest absolute Gasteiger partial charge is 0.336 e. The zero-order valence-corrected chi connectivity index (χ0v) is 14.6. The number of rotatable bonds is 5. The van der Waals surface area contributed by atoms with Gasteiger partial charge in [0.25, 0.3) is 11.6 Å². The second-order valence-corrected chi connectivity index (χ2v) is 8.28. The topological polar surface area (TPSA) is 101 Å². The number of hydrogen-bond acceptors (Lipinski definition) is 6. The summed E-state index contributed by atoms with van der Waals surface area (Å²) >= 11 is 0. The maximum Gasteiger partial charge on any atom is 0.272 e. The first-order chi connectivity index (χ1) is 11.2. The Morgan fingerprint density at radius 1 is 1.25 bits per heavy atom. The molecule has 0 spiro atoms. The van der Waals surface area contributed by atoms with Gasteiger partial charge < -0.3 is 4.90 Å². The molecule has 1 aliphatic rings. The summed E-state index contributed by atoms with van der Waals surface area (Å²) in [4.78, 5) is 26.6. The summed E-state index contributed by atoms with van der Waals surface area (Å²) in [6.45, 7) is 4.34. The van der Waals surface area contributed by atoms with Gasteiger partial charge in [0.05, 0.1) is 10.7 Å². The Morgan fingerprint density at radius 3 is 2.38 bits per heavy atom. The molecular formula is C15H21N3O5S. The van der Waals surface area contributed by atoms with Gasteiger partial charge in [-0.1, -0.05) is 0 Å². The predicted octanol–water partition coefficient (Wildman–Crippen LogP) is 0.706. The highest BCUT2D eigenvalue weighted by molar-refractivity contribution is 7.90. The summed E-state index contributed by atoms with van der Waals surface area (Å²) in [6, 6.07) is 4.37. The molecule has 1 aromatic rings. The van der Waals surface area contributed by atoms with Crippen LogP contribution < -0.4 is 0 Å². The van der Waals surface area contributed by atoms with Crippen LogP contribution in [0.4, 0.5) is 5.69 Å². The lowest BCUT2D eigenvalue weighted by Crippen LogP contribution is -2.49. The fraction of sp³-hybridized carbons (Fsp3) is 0.533. The Morgan fingerprint density at radius 2 is 1.88 bits per heavy atom. The zero-order valence-electron chi connectivity index (χ0n) is 13.8. The van der Waals surface area contributed by atoms with E-state index in [1.807, 2.05) is 4.90 Å². The van der Waals surface area contributed by atoms with Crippen molar-refractivity contribution in [3.63, 3.8) is 0 Å². The van der Waals surface area contributed by atoms with Crippen LogP contribution in [0, 0.1) is 17.0 Å². The lowest BCUT2D eigenvalue weighted by atomic mass is 10.1. The van der Waals surface area contributed by atoms with Gasteiger partial charge in [-0.15, -0.1) is 0 Å². The Balaban J connectivity index is 1.95. The van der Waals surface area contributed by atoms with Gasteiger partial charge in [-0.3, -0.25) is 19.8 Å². The first-order valence-corrected chi connectivity index (χ1v) is 9.68. The molecule has 132 valence electrons. The lowest BCUT2D eigenvalue weighted by molar-refractivity contribution is -0.385. The third-order valence-electron chi connectivity index (χ3n) is 4.08. The average molecular weight is 355 g/mol. The number of sulfone groups is 1. The van der Waals surface area contributed by atoms with Crippen LogP contribution in [0.2, 0.25) is 0 Å². The highest BCUT2D eigenvalue weighted by atomic mass is 32.2. The van der Waals surface area contributed by atoms with Gasteiger partial charge in [-0.25, -0.2) is 8.42 Å². The smallest absolute Gasteiger partial charge is 0.272 e. The van der Waals surface area contributed by atoms with E-state index in [2.05, 4.69) is 0 Å². The molecule has 1 aliphatic heterocycles. The highest BCUT2D eigenvalue weighted by Gasteiger charge is 2.23.